The fraction of sp³-hybridized carbons (Fsp3) is 1.00. The average Bonchev–Trinajstić information content (AvgIpc) is 1.97. The van der Waals surface area contributed by atoms with Crippen LogP contribution in [0.4, 0.5) is 8.78 Å². The molecule has 0 heterocycles. The second-order valence-corrected chi connectivity index (χ2v) is 8.12. The van der Waals surface area contributed by atoms with Crippen LogP contribution in [0.3, 0.4) is 0 Å². The van der Waals surface area contributed by atoms with Gasteiger partial charge in [0.25, 0.3) is 0 Å². The van der Waals surface area contributed by atoms with E-state index in [1.807, 2.05) is 0 Å². The van der Waals surface area contributed by atoms with Crippen molar-refractivity contribution in [1.82, 2.24) is 0 Å². The molecule has 0 aliphatic carbocycles. The fourth-order valence-electron chi connectivity index (χ4n) is 0.849. The first-order chi connectivity index (χ1) is 7.19. The molecule has 0 aromatic carbocycles. The van der Waals surface area contributed by atoms with Gasteiger partial charge in [-0.3, -0.25) is 13.7 Å². The summed E-state index contributed by atoms with van der Waals surface area (Å²) in [5.41, 5.74) is -3.44. The zero-order chi connectivity index (χ0) is 14.2. The van der Waals surface area contributed by atoms with Crippen LogP contribution in [0.25, 0.3) is 0 Å². The van der Waals surface area contributed by atoms with Crippen molar-refractivity contribution in [1.29, 1.82) is 0 Å². The van der Waals surface area contributed by atoms with Crippen LogP contribution in [-0.4, -0.2) is 55.3 Å². The quantitative estimate of drug-likeness (QED) is 0.276. The second-order valence-electron chi connectivity index (χ2n) is 3.00. The molecule has 0 bridgehead atoms. The molecule has 0 fully saturated rings. The summed E-state index contributed by atoms with van der Waals surface area (Å²) in [5, 5.41) is 0. The Bertz CT molecular complexity index is 383. The number of alkyl halides is 2. The lowest BCUT2D eigenvalue weighted by Crippen LogP contribution is -2.32. The number of hydrogen-bond acceptors (Lipinski definition) is 3. The van der Waals surface area contributed by atoms with Crippen LogP contribution < -0.4 is 0 Å². The third-order valence-electron chi connectivity index (χ3n) is 1.59. The van der Waals surface area contributed by atoms with Crippen molar-refractivity contribution in [3.63, 3.8) is 0 Å². The maximum absolute atomic E-state index is 13.0. The van der Waals surface area contributed by atoms with Crippen molar-refractivity contribution >= 4 is 31.2 Å². The Morgan fingerprint density at radius 2 is 0.889 bits per heavy atom. The van der Waals surface area contributed by atoms with Crippen molar-refractivity contribution in [3.8, 4) is 0 Å². The summed E-state index contributed by atoms with van der Waals surface area (Å²) in [6.45, 7) is 0. The summed E-state index contributed by atoms with van der Waals surface area (Å²) in [5.74, 6) is -7.46. The first-order valence-electron chi connectivity index (χ1n) is 3.63. The molecule has 2 unspecified atom stereocenters. The molecule has 0 aliphatic rings. The van der Waals surface area contributed by atoms with Gasteiger partial charge in [-0.25, -0.2) is 8.78 Å². The molecule has 0 aliphatic heterocycles. The van der Waals surface area contributed by atoms with Gasteiger partial charge in [0, 0.05) is 8.41 Å². The number of halogens is 2. The predicted octanol–water partition coefficient (Wildman–Crippen LogP) is -0.902. The predicted molar refractivity (Wildman–Crippen MR) is 55.5 cm³/mol. The first kappa shape index (κ1) is 20.7. The molecule has 0 saturated heterocycles. The van der Waals surface area contributed by atoms with Gasteiger partial charge in [-0.05, 0) is 0 Å². The zero-order valence-corrected chi connectivity index (χ0v) is 11.0. The van der Waals surface area contributed by atoms with Crippen LogP contribution in [-0.2, 0) is 13.7 Å². The van der Waals surface area contributed by atoms with Gasteiger partial charge in [-0.1, -0.05) is 0 Å². The van der Waals surface area contributed by atoms with E-state index in [2.05, 4.69) is 0 Å². The van der Waals surface area contributed by atoms with E-state index in [1.54, 1.807) is 0 Å². The maximum Gasteiger partial charge on any atom is 0.360 e. The summed E-state index contributed by atoms with van der Waals surface area (Å²) in [6.07, 6.45) is 0. The summed E-state index contributed by atoms with van der Waals surface area (Å²) >= 11 is 0. The third kappa shape index (κ3) is 5.56. The highest BCUT2D eigenvalue weighted by molar-refractivity contribution is 7.59. The minimum atomic E-state index is -5.82. The lowest BCUT2D eigenvalue weighted by molar-refractivity contribution is 0.219. The van der Waals surface area contributed by atoms with E-state index in [9.17, 15) is 22.5 Å². The highest BCUT2D eigenvalue weighted by atomic mass is 31.2. The minimum Gasteiger partial charge on any atom is -0.324 e. The molecule has 9 nitrogen and oxygen atoms in total. The van der Waals surface area contributed by atoms with E-state index in [0.29, 0.717) is 0 Å². The molecule has 3 radical (unpaired) electrons. The van der Waals surface area contributed by atoms with Gasteiger partial charge in [0.05, 0.1) is 0 Å². The number of hydrogen-bond donors (Lipinski definition) is 6. The zero-order valence-electron chi connectivity index (χ0n) is 8.31. The third-order valence-corrected chi connectivity index (χ3v) is 5.29. The molecule has 18 heavy (non-hydrogen) atoms. The van der Waals surface area contributed by atoms with Crippen molar-refractivity contribution in [2.24, 2.45) is 0 Å². The fourth-order valence-corrected chi connectivity index (χ4v) is 4.81. The van der Waals surface area contributed by atoms with Gasteiger partial charge in [-0.15, -0.1) is 0 Å². The maximum atomic E-state index is 13.0. The molecular formula is C3H9BF2O9P3. The number of rotatable bonds is 5. The SMILES string of the molecule is O=P(O)(O)C(F)C(C(F)P(=O)(O)O)P(=O)(O)O.[B]. The van der Waals surface area contributed by atoms with Gasteiger partial charge in [0.1, 0.15) is 5.66 Å². The average molecular weight is 331 g/mol. The van der Waals surface area contributed by atoms with Crippen molar-refractivity contribution < 1.29 is 51.8 Å². The summed E-state index contributed by atoms with van der Waals surface area (Å²) in [7, 11) is -17.4. The molecule has 0 aromatic rings. The van der Waals surface area contributed by atoms with E-state index in [1.165, 1.54) is 0 Å². The highest BCUT2D eigenvalue weighted by Gasteiger charge is 2.56. The Kier molecular flexibility index (Phi) is 7.15. The Morgan fingerprint density at radius 1 is 0.667 bits per heavy atom. The summed E-state index contributed by atoms with van der Waals surface area (Å²) in [4.78, 5) is 50.2. The summed E-state index contributed by atoms with van der Waals surface area (Å²) in [6, 6.07) is 0. The van der Waals surface area contributed by atoms with E-state index >= 15 is 0 Å². The van der Waals surface area contributed by atoms with Crippen LogP contribution in [0.5, 0.6) is 0 Å². The Balaban J connectivity index is 0. The highest BCUT2D eigenvalue weighted by Crippen LogP contribution is 2.62. The van der Waals surface area contributed by atoms with Crippen LogP contribution >= 0.6 is 22.8 Å². The van der Waals surface area contributed by atoms with Gasteiger partial charge in [-0.2, -0.15) is 0 Å². The second kappa shape index (κ2) is 6.22. The van der Waals surface area contributed by atoms with Crippen molar-refractivity contribution in [2.75, 3.05) is 0 Å². The van der Waals surface area contributed by atoms with Crippen LogP contribution in [0.15, 0.2) is 0 Å². The van der Waals surface area contributed by atoms with E-state index in [4.69, 9.17) is 29.4 Å². The van der Waals surface area contributed by atoms with Crippen LogP contribution in [0.2, 0.25) is 0 Å². The van der Waals surface area contributed by atoms with Crippen LogP contribution in [0.1, 0.15) is 0 Å². The van der Waals surface area contributed by atoms with Crippen LogP contribution in [0, 0.1) is 0 Å². The molecule has 0 amide bonds. The standard InChI is InChI=1S/C3H9F2O9P3.B/c4-2(16(9,10)11)1(15(6,7)8)3(5)17(12,13)14;/h1-3H,(H2,6,7,8)(H2,9,10,11)(H2,12,13,14);. The minimum absolute atomic E-state index is 0. The van der Waals surface area contributed by atoms with Crippen molar-refractivity contribution in [2.45, 2.75) is 17.5 Å². The Labute approximate surface area is 101 Å². The first-order valence-corrected chi connectivity index (χ1v) is 8.67. The van der Waals surface area contributed by atoms with Gasteiger partial charge in [0.2, 0.25) is 11.8 Å². The molecule has 0 spiro atoms. The lowest BCUT2D eigenvalue weighted by atomic mass is 10.5. The van der Waals surface area contributed by atoms with Crippen molar-refractivity contribution in [3.05, 3.63) is 0 Å². The van der Waals surface area contributed by atoms with Gasteiger partial charge >= 0.3 is 22.8 Å². The molecule has 2 atom stereocenters. The molecule has 6 N–H and O–H groups in total. The smallest absolute Gasteiger partial charge is 0.324 e. The molecule has 0 aromatic heterocycles. The van der Waals surface area contributed by atoms with E-state index < -0.39 is 40.3 Å². The summed E-state index contributed by atoms with van der Waals surface area (Å²) < 4.78 is 57.5. The van der Waals surface area contributed by atoms with E-state index in [0.717, 1.165) is 0 Å². The van der Waals surface area contributed by atoms with E-state index in [-0.39, 0.29) is 8.41 Å². The molecule has 0 rings (SSSR count). The Morgan fingerprint density at radius 3 is 1.00 bits per heavy atom. The van der Waals surface area contributed by atoms with Gasteiger partial charge in [0.15, 0.2) is 0 Å². The topological polar surface area (TPSA) is 173 Å². The molecular weight excluding hydrogens is 322 g/mol. The monoisotopic (exact) mass is 331 g/mol. The molecule has 107 valence electrons. The largest absolute Gasteiger partial charge is 0.360 e. The Hall–Kier alpha value is 0.375. The molecule has 15 heteroatoms. The normalized spacial score (nSPS) is 18.7. The molecule has 0 saturated carbocycles. The van der Waals surface area contributed by atoms with Gasteiger partial charge < -0.3 is 29.4 Å². The lowest BCUT2D eigenvalue weighted by Gasteiger charge is -2.25.